The van der Waals surface area contributed by atoms with Gasteiger partial charge in [0.25, 0.3) is 0 Å². The second-order valence-electron chi connectivity index (χ2n) is 6.76. The van der Waals surface area contributed by atoms with Gasteiger partial charge in [-0.15, -0.1) is 0 Å². The largest absolute Gasteiger partial charge is 0.478 e. The van der Waals surface area contributed by atoms with Gasteiger partial charge in [0, 0.05) is 29.7 Å². The maximum atomic E-state index is 11.7. The van der Waals surface area contributed by atoms with Crippen molar-refractivity contribution in [3.63, 3.8) is 0 Å². The van der Waals surface area contributed by atoms with Gasteiger partial charge in [0.2, 0.25) is 6.79 Å². The number of hydrogen-bond acceptors (Lipinski definition) is 5. The Hall–Kier alpha value is -3.67. The molecule has 2 aliphatic heterocycles. The summed E-state index contributed by atoms with van der Waals surface area (Å²) in [6.45, 7) is 1.07. The average Bonchev–Trinajstić information content (AvgIpc) is 3.34. The number of carboxylic acids is 1. The van der Waals surface area contributed by atoms with E-state index in [4.69, 9.17) is 9.47 Å². The zero-order valence-electron chi connectivity index (χ0n) is 15.0. The fourth-order valence-electron chi connectivity index (χ4n) is 3.73. The molecule has 6 nitrogen and oxygen atoms in total. The van der Waals surface area contributed by atoms with E-state index >= 15 is 0 Å². The van der Waals surface area contributed by atoms with E-state index in [1.54, 1.807) is 6.07 Å². The van der Waals surface area contributed by atoms with E-state index in [1.165, 1.54) is 11.3 Å². The predicted octanol–water partition coefficient (Wildman–Crippen LogP) is 4.55. The summed E-state index contributed by atoms with van der Waals surface area (Å²) in [7, 11) is 0. The highest BCUT2D eigenvalue weighted by molar-refractivity contribution is 5.96. The normalized spacial score (nSPS) is 14.1. The highest BCUT2D eigenvalue weighted by atomic mass is 16.7. The highest BCUT2D eigenvalue weighted by Gasteiger charge is 2.22. The maximum absolute atomic E-state index is 11.7. The molecule has 2 heterocycles. The van der Waals surface area contributed by atoms with Gasteiger partial charge in [0.1, 0.15) is 0 Å². The predicted molar refractivity (Wildman–Crippen MR) is 106 cm³/mol. The number of rotatable bonds is 4. The van der Waals surface area contributed by atoms with Crippen molar-refractivity contribution >= 4 is 28.7 Å². The van der Waals surface area contributed by atoms with Crippen LogP contribution in [0.5, 0.6) is 11.5 Å². The van der Waals surface area contributed by atoms with Gasteiger partial charge in [-0.25, -0.2) is 4.79 Å². The molecule has 0 saturated carbocycles. The van der Waals surface area contributed by atoms with Crippen LogP contribution in [0.2, 0.25) is 0 Å². The van der Waals surface area contributed by atoms with Gasteiger partial charge in [-0.05, 0) is 48.4 Å². The number of para-hydroxylation sites is 1. The minimum atomic E-state index is -0.975. The van der Waals surface area contributed by atoms with E-state index in [2.05, 4.69) is 22.3 Å². The number of fused-ring (bicyclic) bond motifs is 2. The molecule has 0 saturated heterocycles. The van der Waals surface area contributed by atoms with Crippen molar-refractivity contribution in [3.8, 4) is 11.5 Å². The number of nitrogens with zero attached hydrogens (tertiary/aromatic N) is 1. The topological polar surface area (TPSA) is 71.0 Å². The molecule has 0 amide bonds. The van der Waals surface area contributed by atoms with Crippen LogP contribution >= 0.6 is 0 Å². The van der Waals surface area contributed by atoms with Gasteiger partial charge in [-0.3, -0.25) is 0 Å². The molecule has 0 spiro atoms. The first-order valence-corrected chi connectivity index (χ1v) is 9.08. The zero-order valence-corrected chi connectivity index (χ0v) is 15.0. The molecule has 0 fully saturated rings. The molecule has 3 aromatic rings. The Morgan fingerprint density at radius 2 is 1.86 bits per heavy atom. The highest BCUT2D eigenvalue weighted by Crippen LogP contribution is 2.38. The lowest BCUT2D eigenvalue weighted by Gasteiger charge is -2.21. The van der Waals surface area contributed by atoms with Crippen LogP contribution < -0.4 is 19.7 Å². The van der Waals surface area contributed by atoms with E-state index in [0.29, 0.717) is 17.2 Å². The molecule has 6 heteroatoms. The average molecular weight is 374 g/mol. The number of hydrogen-bond donors (Lipinski definition) is 2. The van der Waals surface area contributed by atoms with Gasteiger partial charge < -0.3 is 24.8 Å². The molecule has 0 unspecified atom stereocenters. The number of benzene rings is 3. The van der Waals surface area contributed by atoms with Gasteiger partial charge in [-0.2, -0.15) is 0 Å². The van der Waals surface area contributed by atoms with Crippen molar-refractivity contribution in [2.45, 2.75) is 6.42 Å². The van der Waals surface area contributed by atoms with E-state index in [1.807, 2.05) is 42.5 Å². The van der Waals surface area contributed by atoms with E-state index in [9.17, 15) is 9.90 Å². The fraction of sp³-hybridized carbons (Fsp3) is 0.136. The van der Waals surface area contributed by atoms with Crippen LogP contribution in [-0.2, 0) is 6.42 Å². The van der Waals surface area contributed by atoms with Crippen LogP contribution in [0.15, 0.2) is 60.7 Å². The summed E-state index contributed by atoms with van der Waals surface area (Å²) in [5.74, 6) is 0.356. The molecule has 0 aliphatic carbocycles. The van der Waals surface area contributed by atoms with Crippen LogP contribution in [0.1, 0.15) is 15.9 Å². The first kappa shape index (κ1) is 16.5. The Labute approximate surface area is 161 Å². The van der Waals surface area contributed by atoms with Crippen molar-refractivity contribution < 1.29 is 19.4 Å². The molecule has 0 aromatic heterocycles. The standard InChI is InChI=1S/C22H18N2O4/c25-22(26)17-7-6-16(24-10-9-14-3-1-2-4-19(14)24)12-18(17)23-15-5-8-20-21(11-15)28-13-27-20/h1-8,11-12,23H,9-10,13H2,(H,25,26). The molecule has 140 valence electrons. The SMILES string of the molecule is O=C(O)c1ccc(N2CCc3ccccc32)cc1Nc1ccc2c(c1)OCO2. The summed E-state index contributed by atoms with van der Waals surface area (Å²) in [5.41, 5.74) is 4.92. The number of carboxylic acid groups (broad SMARTS) is 1. The quantitative estimate of drug-likeness (QED) is 0.698. The molecule has 2 aliphatic rings. The van der Waals surface area contributed by atoms with Crippen LogP contribution in [0.3, 0.4) is 0 Å². The summed E-state index contributed by atoms with van der Waals surface area (Å²) in [6.07, 6.45) is 0.974. The molecule has 3 aromatic carbocycles. The summed E-state index contributed by atoms with van der Waals surface area (Å²) in [5, 5.41) is 12.8. The second-order valence-corrected chi connectivity index (χ2v) is 6.76. The first-order chi connectivity index (χ1) is 13.7. The zero-order chi connectivity index (χ0) is 19.1. The summed E-state index contributed by atoms with van der Waals surface area (Å²) in [6, 6.07) is 19.1. The molecule has 5 rings (SSSR count). The van der Waals surface area contributed by atoms with Crippen LogP contribution in [0.4, 0.5) is 22.7 Å². The molecule has 0 atom stereocenters. The van der Waals surface area contributed by atoms with Crippen molar-refractivity contribution in [2.75, 3.05) is 23.6 Å². The van der Waals surface area contributed by atoms with Gasteiger partial charge in [0.15, 0.2) is 11.5 Å². The number of carbonyl (C=O) groups is 1. The minimum Gasteiger partial charge on any atom is -0.478 e. The maximum Gasteiger partial charge on any atom is 0.337 e. The molecule has 0 bridgehead atoms. The third-order valence-electron chi connectivity index (χ3n) is 5.08. The number of nitrogens with one attached hydrogen (secondary N) is 1. The van der Waals surface area contributed by atoms with Crippen molar-refractivity contribution in [1.29, 1.82) is 0 Å². The van der Waals surface area contributed by atoms with Gasteiger partial charge in [-0.1, -0.05) is 18.2 Å². The Bertz CT molecular complexity index is 1080. The lowest BCUT2D eigenvalue weighted by atomic mass is 10.1. The van der Waals surface area contributed by atoms with Gasteiger partial charge >= 0.3 is 5.97 Å². The summed E-state index contributed by atoms with van der Waals surface area (Å²) >= 11 is 0. The summed E-state index contributed by atoms with van der Waals surface area (Å²) < 4.78 is 10.7. The van der Waals surface area contributed by atoms with E-state index in [0.717, 1.165) is 24.3 Å². The molecule has 0 radical (unpaired) electrons. The molecule has 28 heavy (non-hydrogen) atoms. The number of aromatic carboxylic acids is 1. The molecule has 2 N–H and O–H groups in total. The smallest absolute Gasteiger partial charge is 0.337 e. The Kier molecular flexibility index (Phi) is 3.83. The van der Waals surface area contributed by atoms with E-state index in [-0.39, 0.29) is 12.4 Å². The Balaban J connectivity index is 1.51. The number of ether oxygens (including phenoxy) is 2. The number of anilines is 4. The third-order valence-corrected chi connectivity index (χ3v) is 5.08. The molecular weight excluding hydrogens is 356 g/mol. The summed E-state index contributed by atoms with van der Waals surface area (Å²) in [4.78, 5) is 13.9. The first-order valence-electron chi connectivity index (χ1n) is 9.08. The Morgan fingerprint density at radius 3 is 2.75 bits per heavy atom. The van der Waals surface area contributed by atoms with Crippen molar-refractivity contribution in [1.82, 2.24) is 0 Å². The van der Waals surface area contributed by atoms with Crippen LogP contribution in [-0.4, -0.2) is 24.4 Å². The monoisotopic (exact) mass is 374 g/mol. The van der Waals surface area contributed by atoms with Crippen LogP contribution in [0, 0.1) is 0 Å². The molecular formula is C22H18N2O4. The minimum absolute atomic E-state index is 0.197. The lowest BCUT2D eigenvalue weighted by molar-refractivity contribution is 0.0698. The third kappa shape index (κ3) is 2.79. The van der Waals surface area contributed by atoms with Crippen molar-refractivity contribution in [3.05, 3.63) is 71.8 Å². The van der Waals surface area contributed by atoms with Gasteiger partial charge in [0.05, 0.1) is 11.3 Å². The van der Waals surface area contributed by atoms with Crippen LogP contribution in [0.25, 0.3) is 0 Å². The van der Waals surface area contributed by atoms with E-state index < -0.39 is 5.97 Å². The van der Waals surface area contributed by atoms with Crippen molar-refractivity contribution in [2.24, 2.45) is 0 Å². The fourth-order valence-corrected chi connectivity index (χ4v) is 3.73. The lowest BCUT2D eigenvalue weighted by Crippen LogP contribution is -2.14. The second kappa shape index (κ2) is 6.49. The Morgan fingerprint density at radius 1 is 1.00 bits per heavy atom.